The maximum absolute atomic E-state index is 5.97. The Kier molecular flexibility index (Phi) is 4.84. The van der Waals surface area contributed by atoms with E-state index in [4.69, 9.17) is 14.2 Å². The second kappa shape index (κ2) is 6.65. The summed E-state index contributed by atoms with van der Waals surface area (Å²) in [6, 6.07) is 6.71. The van der Waals surface area contributed by atoms with Gasteiger partial charge in [-0.2, -0.15) is 0 Å². The summed E-state index contributed by atoms with van der Waals surface area (Å²) in [5.41, 5.74) is 1.22. The Bertz CT molecular complexity index is 488. The molecule has 0 radical (unpaired) electrons. The number of ether oxygens (including phenoxy) is 3. The van der Waals surface area contributed by atoms with Crippen molar-refractivity contribution >= 4 is 15.9 Å². The van der Waals surface area contributed by atoms with Gasteiger partial charge in [-0.1, -0.05) is 6.07 Å². The van der Waals surface area contributed by atoms with Crippen molar-refractivity contribution in [1.82, 2.24) is 5.32 Å². The summed E-state index contributed by atoms with van der Waals surface area (Å²) in [5.74, 6) is 0.867. The molecule has 0 aromatic heterocycles. The van der Waals surface area contributed by atoms with Crippen LogP contribution >= 0.6 is 15.9 Å². The lowest BCUT2D eigenvalue weighted by atomic mass is 9.89. The van der Waals surface area contributed by atoms with Crippen LogP contribution in [0.15, 0.2) is 22.7 Å². The zero-order valence-electron chi connectivity index (χ0n) is 12.4. The van der Waals surface area contributed by atoms with Crippen LogP contribution in [-0.2, 0) is 16.0 Å². The van der Waals surface area contributed by atoms with Gasteiger partial charge in [0.15, 0.2) is 0 Å². The van der Waals surface area contributed by atoms with Crippen LogP contribution in [0, 0.1) is 0 Å². The van der Waals surface area contributed by atoms with Gasteiger partial charge in [0, 0.05) is 32.2 Å². The minimum atomic E-state index is -0.0313. The number of benzene rings is 1. The number of nitrogens with one attached hydrogen (secondary N) is 1. The second-order valence-electron chi connectivity index (χ2n) is 5.87. The summed E-state index contributed by atoms with van der Waals surface area (Å²) in [6.07, 6.45) is 3.14. The zero-order valence-corrected chi connectivity index (χ0v) is 13.9. The Morgan fingerprint density at radius 3 is 3.05 bits per heavy atom. The molecule has 5 heteroatoms. The van der Waals surface area contributed by atoms with Crippen molar-refractivity contribution < 1.29 is 14.2 Å². The van der Waals surface area contributed by atoms with E-state index in [1.807, 2.05) is 6.07 Å². The molecule has 2 atom stereocenters. The Hall–Kier alpha value is -0.620. The molecule has 2 aliphatic heterocycles. The minimum absolute atomic E-state index is 0.0313. The molecule has 0 saturated carbocycles. The summed E-state index contributed by atoms with van der Waals surface area (Å²) in [7, 11) is 1.68. The van der Waals surface area contributed by atoms with Crippen molar-refractivity contribution in [1.29, 1.82) is 0 Å². The van der Waals surface area contributed by atoms with E-state index in [1.54, 1.807) is 7.11 Å². The van der Waals surface area contributed by atoms with Crippen molar-refractivity contribution in [3.63, 3.8) is 0 Å². The van der Waals surface area contributed by atoms with Crippen LogP contribution in [-0.4, -0.2) is 38.6 Å². The molecule has 1 aromatic rings. The zero-order chi connectivity index (χ0) is 14.7. The minimum Gasteiger partial charge on any atom is -0.496 e. The van der Waals surface area contributed by atoms with E-state index in [0.717, 1.165) is 55.9 Å². The highest BCUT2D eigenvalue weighted by Gasteiger charge is 2.40. The highest BCUT2D eigenvalue weighted by Crippen LogP contribution is 2.33. The molecule has 2 fully saturated rings. The summed E-state index contributed by atoms with van der Waals surface area (Å²) >= 11 is 3.53. The first-order chi connectivity index (χ1) is 10.2. The Morgan fingerprint density at radius 1 is 1.43 bits per heavy atom. The quantitative estimate of drug-likeness (QED) is 0.901. The van der Waals surface area contributed by atoms with Gasteiger partial charge in [0.2, 0.25) is 0 Å². The topological polar surface area (TPSA) is 39.7 Å². The number of halogens is 1. The molecule has 2 heterocycles. The lowest BCUT2D eigenvalue weighted by molar-refractivity contribution is -0.0894. The Balaban J connectivity index is 1.56. The highest BCUT2D eigenvalue weighted by molar-refractivity contribution is 9.10. The van der Waals surface area contributed by atoms with Gasteiger partial charge in [-0.05, 0) is 46.5 Å². The van der Waals surface area contributed by atoms with E-state index in [1.165, 1.54) is 5.56 Å². The molecule has 2 aliphatic rings. The van der Waals surface area contributed by atoms with Gasteiger partial charge < -0.3 is 19.5 Å². The largest absolute Gasteiger partial charge is 0.496 e. The summed E-state index contributed by atoms with van der Waals surface area (Å²) in [6.45, 7) is 3.27. The third-order valence-electron chi connectivity index (χ3n) is 4.37. The number of methoxy groups -OCH3 is 1. The van der Waals surface area contributed by atoms with Crippen molar-refractivity contribution in [2.24, 2.45) is 0 Å². The fraction of sp³-hybridized carbons (Fsp3) is 0.625. The van der Waals surface area contributed by atoms with Crippen LogP contribution < -0.4 is 10.1 Å². The van der Waals surface area contributed by atoms with Gasteiger partial charge in [0.1, 0.15) is 5.75 Å². The number of hydrogen-bond donors (Lipinski definition) is 1. The SMILES string of the molecule is COc1ccc(CN[C@@H]2CCO[C@@]3(CCOC3)C2)cc1Br. The smallest absolute Gasteiger partial charge is 0.133 e. The second-order valence-corrected chi connectivity index (χ2v) is 6.73. The van der Waals surface area contributed by atoms with Crippen LogP contribution in [0.5, 0.6) is 5.75 Å². The van der Waals surface area contributed by atoms with Crippen LogP contribution in [0.2, 0.25) is 0 Å². The molecule has 21 heavy (non-hydrogen) atoms. The molecule has 3 rings (SSSR count). The van der Waals surface area contributed by atoms with Crippen LogP contribution in [0.4, 0.5) is 0 Å². The predicted octanol–water partition coefficient (Wildman–Crippen LogP) is 2.89. The van der Waals surface area contributed by atoms with Gasteiger partial charge in [0.25, 0.3) is 0 Å². The molecule has 4 nitrogen and oxygen atoms in total. The third kappa shape index (κ3) is 3.59. The standard InChI is InChI=1S/C16H22BrNO3/c1-19-15-3-2-12(8-14(15)17)10-18-13-4-6-21-16(9-13)5-7-20-11-16/h2-3,8,13,18H,4-7,9-11H2,1H3/t13-,16+/m1/s1. The maximum Gasteiger partial charge on any atom is 0.133 e. The van der Waals surface area contributed by atoms with Crippen LogP contribution in [0.1, 0.15) is 24.8 Å². The van der Waals surface area contributed by atoms with E-state index in [2.05, 4.69) is 33.4 Å². The summed E-state index contributed by atoms with van der Waals surface area (Å²) < 4.78 is 17.7. The van der Waals surface area contributed by atoms with E-state index in [-0.39, 0.29) is 5.60 Å². The molecular weight excluding hydrogens is 334 g/mol. The fourth-order valence-corrected chi connectivity index (χ4v) is 3.74. The van der Waals surface area contributed by atoms with Gasteiger partial charge in [-0.25, -0.2) is 0 Å². The average molecular weight is 356 g/mol. The normalized spacial score (nSPS) is 29.0. The van der Waals surface area contributed by atoms with Crippen LogP contribution in [0.3, 0.4) is 0 Å². The fourth-order valence-electron chi connectivity index (χ4n) is 3.15. The molecule has 0 amide bonds. The number of hydrogen-bond acceptors (Lipinski definition) is 4. The Labute approximate surface area is 134 Å². The van der Waals surface area contributed by atoms with Crippen molar-refractivity contribution in [2.45, 2.75) is 37.5 Å². The van der Waals surface area contributed by atoms with Gasteiger partial charge in [-0.15, -0.1) is 0 Å². The van der Waals surface area contributed by atoms with E-state index < -0.39 is 0 Å². The summed E-state index contributed by atoms with van der Waals surface area (Å²) in [4.78, 5) is 0. The lowest BCUT2D eigenvalue weighted by Crippen LogP contribution is -2.47. The van der Waals surface area contributed by atoms with Gasteiger partial charge >= 0.3 is 0 Å². The molecule has 0 unspecified atom stereocenters. The predicted molar refractivity (Wildman–Crippen MR) is 84.7 cm³/mol. The lowest BCUT2D eigenvalue weighted by Gasteiger charge is -2.37. The molecule has 2 saturated heterocycles. The molecule has 0 bridgehead atoms. The number of rotatable bonds is 4. The molecule has 116 valence electrons. The van der Waals surface area contributed by atoms with E-state index >= 15 is 0 Å². The first kappa shape index (κ1) is 15.3. The molecule has 0 aliphatic carbocycles. The van der Waals surface area contributed by atoms with Gasteiger partial charge in [0.05, 0.1) is 23.8 Å². The van der Waals surface area contributed by atoms with Crippen LogP contribution in [0.25, 0.3) is 0 Å². The monoisotopic (exact) mass is 355 g/mol. The molecular formula is C16H22BrNO3. The Morgan fingerprint density at radius 2 is 2.33 bits per heavy atom. The van der Waals surface area contributed by atoms with Crippen molar-refractivity contribution in [3.8, 4) is 5.75 Å². The molecule has 1 aromatic carbocycles. The maximum atomic E-state index is 5.97. The molecule has 1 spiro atoms. The van der Waals surface area contributed by atoms with E-state index in [9.17, 15) is 0 Å². The average Bonchev–Trinajstić information content (AvgIpc) is 2.93. The van der Waals surface area contributed by atoms with Crippen molar-refractivity contribution in [2.75, 3.05) is 26.9 Å². The van der Waals surface area contributed by atoms with E-state index in [0.29, 0.717) is 6.04 Å². The van der Waals surface area contributed by atoms with Crippen molar-refractivity contribution in [3.05, 3.63) is 28.2 Å². The third-order valence-corrected chi connectivity index (χ3v) is 4.99. The highest BCUT2D eigenvalue weighted by atomic mass is 79.9. The first-order valence-corrected chi connectivity index (χ1v) is 8.28. The summed E-state index contributed by atoms with van der Waals surface area (Å²) in [5, 5.41) is 3.66. The van der Waals surface area contributed by atoms with Gasteiger partial charge in [-0.3, -0.25) is 0 Å². The molecule has 1 N–H and O–H groups in total. The first-order valence-electron chi connectivity index (χ1n) is 7.48.